The predicted molar refractivity (Wildman–Crippen MR) is 139 cm³/mol. The molecule has 3 aromatic rings. The Hall–Kier alpha value is -4.19. The lowest BCUT2D eigenvalue weighted by atomic mass is 10.0. The molecule has 0 aliphatic carbocycles. The predicted octanol–water partition coefficient (Wildman–Crippen LogP) is 2.48. The Morgan fingerprint density at radius 3 is 2.85 bits per heavy atom. The molecule has 13 heteroatoms. The third-order valence-electron chi connectivity index (χ3n) is 7.44. The summed E-state index contributed by atoms with van der Waals surface area (Å²) < 4.78 is 23.0. The van der Waals surface area contributed by atoms with Crippen LogP contribution >= 0.6 is 11.6 Å². The Morgan fingerprint density at radius 2 is 2.08 bits per heavy atom. The number of phenols is 1. The minimum Gasteiger partial charge on any atom is -0.507 e. The van der Waals surface area contributed by atoms with Gasteiger partial charge in [0, 0.05) is 25.7 Å². The second-order valence-electron chi connectivity index (χ2n) is 9.77. The molecule has 11 nitrogen and oxygen atoms in total. The fourth-order valence-electron chi connectivity index (χ4n) is 5.41. The molecule has 3 aliphatic rings. The minimum absolute atomic E-state index is 0.0402. The number of hydrogen-bond donors (Lipinski definition) is 1. The zero-order valence-corrected chi connectivity index (χ0v) is 21.8. The second kappa shape index (κ2) is 9.53. The molecule has 39 heavy (non-hydrogen) atoms. The number of anilines is 1. The summed E-state index contributed by atoms with van der Waals surface area (Å²) in [5.74, 6) is -1.34. The quantitative estimate of drug-likeness (QED) is 0.492. The number of aromatic hydroxyl groups is 1. The number of phenolic OH excluding ortho intramolecular Hbond substituents is 1. The zero-order chi connectivity index (χ0) is 27.4. The average Bonchev–Trinajstić information content (AvgIpc) is 3.32. The number of amides is 2. The van der Waals surface area contributed by atoms with Crippen LogP contribution in [0.25, 0.3) is 11.3 Å². The molecule has 1 saturated heterocycles. The number of piperazine rings is 1. The van der Waals surface area contributed by atoms with Gasteiger partial charge in [-0.2, -0.15) is 0 Å². The van der Waals surface area contributed by atoms with Gasteiger partial charge in [-0.15, -0.1) is 5.10 Å². The van der Waals surface area contributed by atoms with Gasteiger partial charge in [0.15, 0.2) is 5.75 Å². The highest BCUT2D eigenvalue weighted by Gasteiger charge is 2.42. The Kier molecular flexibility index (Phi) is 6.13. The molecular weight excluding hydrogens is 529 g/mol. The molecule has 5 heterocycles. The van der Waals surface area contributed by atoms with Crippen LogP contribution in [0, 0.1) is 5.82 Å². The molecule has 2 atom stereocenters. The van der Waals surface area contributed by atoms with Crippen molar-refractivity contribution in [2.75, 3.05) is 31.1 Å². The molecule has 1 aromatic carbocycles. The summed E-state index contributed by atoms with van der Waals surface area (Å²) in [5, 5.41) is 18.6. The van der Waals surface area contributed by atoms with E-state index in [1.54, 1.807) is 20.7 Å². The van der Waals surface area contributed by atoms with E-state index in [-0.39, 0.29) is 76.7 Å². The lowest BCUT2D eigenvalue weighted by Crippen LogP contribution is -2.57. The Balaban J connectivity index is 1.52. The van der Waals surface area contributed by atoms with Crippen LogP contribution in [0.1, 0.15) is 23.0 Å². The smallest absolute Gasteiger partial charge is 0.261 e. The molecule has 0 spiro atoms. The number of aromatic nitrogens is 4. The Labute approximate surface area is 228 Å². The van der Waals surface area contributed by atoms with E-state index >= 15 is 4.39 Å². The van der Waals surface area contributed by atoms with Gasteiger partial charge in [-0.25, -0.2) is 14.1 Å². The average molecular weight is 554 g/mol. The maximum absolute atomic E-state index is 15.1. The summed E-state index contributed by atoms with van der Waals surface area (Å²) in [6, 6.07) is 3.30. The molecule has 0 saturated carbocycles. The topological polar surface area (TPSA) is 117 Å². The minimum atomic E-state index is -0.722. The monoisotopic (exact) mass is 553 g/mol. The molecular formula is C26H25ClFN7O4. The third kappa shape index (κ3) is 4.06. The highest BCUT2D eigenvalue weighted by molar-refractivity contribution is 6.35. The fourth-order valence-corrected chi connectivity index (χ4v) is 5.70. The summed E-state index contributed by atoms with van der Waals surface area (Å²) in [6.45, 7) is 7.26. The van der Waals surface area contributed by atoms with Crippen LogP contribution in [0.5, 0.6) is 11.5 Å². The number of halogens is 2. The standard InChI is InChI=1S/C26H25ClFN7O4/c1-3-19(37)32-7-8-33-16(11-32)13-39-24-21(26(33)38)25(34-12-15-9-29-31-35(15)10-14(34)2)30-23(22(24)27)20-17(28)5-4-6-18(20)36/h3-6,9,14,16,36H,1,7-8,10-13H2,2H3/t14-,16?/m0/s1. The number of nitrogens with zero attached hydrogens (tertiary/aromatic N) is 7. The molecule has 202 valence electrons. The summed E-state index contributed by atoms with van der Waals surface area (Å²) in [6.07, 6.45) is 2.88. The van der Waals surface area contributed by atoms with Gasteiger partial charge in [0.2, 0.25) is 5.91 Å². The molecule has 0 bridgehead atoms. The van der Waals surface area contributed by atoms with Crippen LogP contribution < -0.4 is 9.64 Å². The van der Waals surface area contributed by atoms with Crippen LogP contribution in [0.3, 0.4) is 0 Å². The van der Waals surface area contributed by atoms with Crippen molar-refractivity contribution >= 4 is 29.2 Å². The Bertz CT molecular complexity index is 1490. The van der Waals surface area contributed by atoms with E-state index in [1.807, 2.05) is 11.8 Å². The van der Waals surface area contributed by atoms with Crippen molar-refractivity contribution in [1.29, 1.82) is 0 Å². The van der Waals surface area contributed by atoms with E-state index in [2.05, 4.69) is 16.9 Å². The fraction of sp³-hybridized carbons (Fsp3) is 0.346. The number of ether oxygens (including phenoxy) is 1. The third-order valence-corrected chi connectivity index (χ3v) is 7.79. The summed E-state index contributed by atoms with van der Waals surface area (Å²) in [4.78, 5) is 36.4. The number of benzene rings is 1. The maximum Gasteiger partial charge on any atom is 0.261 e. The number of pyridine rings is 1. The molecule has 1 N–H and O–H groups in total. The normalized spacial score (nSPS) is 20.5. The molecule has 2 amide bonds. The van der Waals surface area contributed by atoms with E-state index in [9.17, 15) is 14.7 Å². The first-order valence-corrected chi connectivity index (χ1v) is 12.9. The van der Waals surface area contributed by atoms with Gasteiger partial charge in [-0.05, 0) is 25.1 Å². The molecule has 0 radical (unpaired) electrons. The van der Waals surface area contributed by atoms with E-state index in [0.29, 0.717) is 19.6 Å². The number of carbonyl (C=O) groups is 2. The first kappa shape index (κ1) is 25.1. The van der Waals surface area contributed by atoms with Crippen molar-refractivity contribution in [3.8, 4) is 22.8 Å². The van der Waals surface area contributed by atoms with Crippen LogP contribution in [-0.4, -0.2) is 85.0 Å². The van der Waals surface area contributed by atoms with Crippen molar-refractivity contribution in [2.45, 2.75) is 32.1 Å². The van der Waals surface area contributed by atoms with Crippen LogP contribution in [-0.2, 0) is 17.9 Å². The summed E-state index contributed by atoms with van der Waals surface area (Å²) in [5.41, 5.74) is 0.730. The van der Waals surface area contributed by atoms with Gasteiger partial charge < -0.3 is 24.5 Å². The van der Waals surface area contributed by atoms with Crippen molar-refractivity contribution in [3.63, 3.8) is 0 Å². The van der Waals surface area contributed by atoms with Crippen LogP contribution in [0.2, 0.25) is 5.02 Å². The van der Waals surface area contributed by atoms with Gasteiger partial charge in [0.05, 0.1) is 36.6 Å². The highest BCUT2D eigenvalue weighted by Crippen LogP contribution is 2.46. The van der Waals surface area contributed by atoms with Crippen molar-refractivity contribution < 1.29 is 23.8 Å². The maximum atomic E-state index is 15.1. The number of fused-ring (bicyclic) bond motifs is 3. The summed E-state index contributed by atoms with van der Waals surface area (Å²) in [7, 11) is 0. The largest absolute Gasteiger partial charge is 0.507 e. The SMILES string of the molecule is C=CC(=O)N1CCN2C(=O)c3c(N4Cc5cnnn5C[C@@H]4C)nc(-c4c(O)cccc4F)c(Cl)c3OCC2C1. The van der Waals surface area contributed by atoms with Crippen LogP contribution in [0.15, 0.2) is 37.1 Å². The molecule has 3 aliphatic heterocycles. The lowest BCUT2D eigenvalue weighted by Gasteiger charge is -2.40. The van der Waals surface area contributed by atoms with E-state index in [0.717, 1.165) is 5.69 Å². The van der Waals surface area contributed by atoms with E-state index in [4.69, 9.17) is 21.3 Å². The lowest BCUT2D eigenvalue weighted by molar-refractivity contribution is -0.128. The molecule has 1 unspecified atom stereocenters. The summed E-state index contributed by atoms with van der Waals surface area (Å²) >= 11 is 6.80. The van der Waals surface area contributed by atoms with Crippen molar-refractivity contribution in [1.82, 2.24) is 29.8 Å². The van der Waals surface area contributed by atoms with Gasteiger partial charge in [-0.1, -0.05) is 29.5 Å². The number of rotatable bonds is 3. The van der Waals surface area contributed by atoms with Crippen LogP contribution in [0.4, 0.5) is 10.2 Å². The first-order chi connectivity index (χ1) is 18.8. The number of hydrogen-bond acceptors (Lipinski definition) is 8. The second-order valence-corrected chi connectivity index (χ2v) is 10.2. The van der Waals surface area contributed by atoms with E-state index < -0.39 is 11.9 Å². The first-order valence-electron chi connectivity index (χ1n) is 12.5. The van der Waals surface area contributed by atoms with Gasteiger partial charge in [0.25, 0.3) is 5.91 Å². The van der Waals surface area contributed by atoms with Gasteiger partial charge in [-0.3, -0.25) is 9.59 Å². The molecule has 2 aromatic heterocycles. The van der Waals surface area contributed by atoms with Crippen molar-refractivity contribution in [3.05, 3.63) is 59.1 Å². The zero-order valence-electron chi connectivity index (χ0n) is 21.0. The number of carbonyl (C=O) groups excluding carboxylic acids is 2. The highest BCUT2D eigenvalue weighted by atomic mass is 35.5. The molecule has 1 fully saturated rings. The van der Waals surface area contributed by atoms with Gasteiger partial charge >= 0.3 is 0 Å². The van der Waals surface area contributed by atoms with E-state index in [1.165, 1.54) is 24.3 Å². The van der Waals surface area contributed by atoms with Gasteiger partial charge in [0.1, 0.15) is 40.3 Å². The van der Waals surface area contributed by atoms with Crippen molar-refractivity contribution in [2.24, 2.45) is 0 Å². The Morgan fingerprint density at radius 1 is 1.26 bits per heavy atom. The molecule has 6 rings (SSSR count).